The summed E-state index contributed by atoms with van der Waals surface area (Å²) in [6.07, 6.45) is 0.129. The van der Waals surface area contributed by atoms with E-state index in [4.69, 9.17) is 9.47 Å². The van der Waals surface area contributed by atoms with Crippen molar-refractivity contribution >= 4 is 19.4 Å². The Morgan fingerprint density at radius 1 is 0.923 bits per heavy atom. The van der Waals surface area contributed by atoms with E-state index in [2.05, 4.69) is 0 Å². The number of carbonyl (C=O) groups excluding carboxylic acids is 1. The number of aryl methyl sites for hydroxylation is 2. The van der Waals surface area contributed by atoms with Crippen LogP contribution in [0.3, 0.4) is 0 Å². The molecule has 134 valence electrons. The Morgan fingerprint density at radius 3 is 2.04 bits per heavy atom. The van der Waals surface area contributed by atoms with Crippen LogP contribution in [0.1, 0.15) is 49.2 Å². The minimum Gasteiger partial charge on any atom is -0.491 e. The van der Waals surface area contributed by atoms with Gasteiger partial charge in [0.15, 0.2) is 5.52 Å². The summed E-state index contributed by atoms with van der Waals surface area (Å²) in [6.45, 7) is 11.9. The Balaban J connectivity index is 0.00000338. The summed E-state index contributed by atoms with van der Waals surface area (Å²) in [7, 11) is 0.0197. The summed E-state index contributed by atoms with van der Waals surface area (Å²) in [4.78, 5) is 12.9. The van der Waals surface area contributed by atoms with E-state index in [0.717, 1.165) is 33.5 Å². The van der Waals surface area contributed by atoms with Crippen LogP contribution in [0.15, 0.2) is 36.4 Å². The third kappa shape index (κ3) is 6.17. The maximum absolute atomic E-state index is 12.9. The molecule has 0 aliphatic heterocycles. The van der Waals surface area contributed by atoms with E-state index < -0.39 is 0 Å². The summed E-state index contributed by atoms with van der Waals surface area (Å²) in [6, 6.07) is 11.7. The number of rotatable bonds is 7. The Hall–Kier alpha value is -1.26. The van der Waals surface area contributed by atoms with Crippen LogP contribution in [-0.2, 0) is 0 Å². The van der Waals surface area contributed by atoms with Gasteiger partial charge in [-0.3, -0.25) is 4.79 Å². The molecule has 0 amide bonds. The van der Waals surface area contributed by atoms with Crippen molar-refractivity contribution in [3.63, 3.8) is 0 Å². The minimum absolute atomic E-state index is 0. The Kier molecular flexibility index (Phi) is 8.91. The third-order valence-corrected chi connectivity index (χ3v) is 4.80. The average molecular weight is 365 g/mol. The molecule has 2 aromatic rings. The van der Waals surface area contributed by atoms with Crippen molar-refractivity contribution in [2.24, 2.45) is 0 Å². The van der Waals surface area contributed by atoms with E-state index in [1.807, 2.05) is 77.9 Å². The molecule has 0 heterocycles. The average Bonchev–Trinajstić information content (AvgIpc) is 2.48. The molecular weight excluding hydrogens is 338 g/mol. The molecule has 26 heavy (non-hydrogen) atoms. The van der Waals surface area contributed by atoms with Gasteiger partial charge in [0, 0.05) is 16.9 Å². The summed E-state index contributed by atoms with van der Waals surface area (Å²) >= 11 is 0. The smallest absolute Gasteiger partial charge is 0.491 e. The molecule has 0 aliphatic carbocycles. The zero-order valence-electron chi connectivity index (χ0n) is 16.8. The van der Waals surface area contributed by atoms with E-state index in [0.29, 0.717) is 0 Å². The van der Waals surface area contributed by atoms with Gasteiger partial charge in [-0.1, -0.05) is 18.2 Å². The second-order valence-corrected chi connectivity index (χ2v) is 7.95. The van der Waals surface area contributed by atoms with Crippen molar-refractivity contribution < 1.29 is 33.1 Å². The van der Waals surface area contributed by atoms with Crippen molar-refractivity contribution in [3.05, 3.63) is 53.1 Å². The third-order valence-electron chi connectivity index (χ3n) is 3.64. The Labute approximate surface area is 170 Å². The van der Waals surface area contributed by atoms with Crippen LogP contribution < -0.4 is 33.6 Å². The van der Waals surface area contributed by atoms with Gasteiger partial charge in [-0.05, 0) is 73.4 Å². The molecule has 0 aromatic heterocycles. The van der Waals surface area contributed by atoms with Crippen molar-refractivity contribution in [2.75, 3.05) is 0 Å². The van der Waals surface area contributed by atoms with Gasteiger partial charge in [0.2, 0.25) is 0 Å². The van der Waals surface area contributed by atoms with Gasteiger partial charge in [0.25, 0.3) is 0 Å². The van der Waals surface area contributed by atoms with Crippen molar-refractivity contribution in [2.45, 2.75) is 53.8 Å². The monoisotopic (exact) mass is 365 g/mol. The summed E-state index contributed by atoms with van der Waals surface area (Å²) in [5, 5.41) is 0.914. The fourth-order valence-corrected chi connectivity index (χ4v) is 3.85. The fraction of sp³-hybridized carbons (Fsp3) is 0.381. The molecule has 0 spiro atoms. The van der Waals surface area contributed by atoms with Crippen LogP contribution >= 0.6 is 8.58 Å². The second-order valence-electron chi connectivity index (χ2n) is 6.71. The SMILES string of the molecule is Cc1cccc(C)c1C(=O)Pc1ccc(OC(C)C)cc1OC(C)C.[Li+]. The molecule has 2 aromatic carbocycles. The summed E-state index contributed by atoms with van der Waals surface area (Å²) in [5.74, 6) is 1.49. The second kappa shape index (κ2) is 10.2. The summed E-state index contributed by atoms with van der Waals surface area (Å²) in [5.41, 5.74) is 2.99. The first-order chi connectivity index (χ1) is 11.8. The number of benzene rings is 2. The maximum Gasteiger partial charge on any atom is 1.00 e. The van der Waals surface area contributed by atoms with E-state index in [1.165, 1.54) is 0 Å². The molecule has 5 heteroatoms. The van der Waals surface area contributed by atoms with E-state index in [9.17, 15) is 4.79 Å². The molecule has 3 nitrogen and oxygen atoms in total. The number of hydrogen-bond donors (Lipinski definition) is 0. The van der Waals surface area contributed by atoms with Crippen LogP contribution in [0, 0.1) is 13.8 Å². The van der Waals surface area contributed by atoms with Crippen molar-refractivity contribution in [1.29, 1.82) is 0 Å². The van der Waals surface area contributed by atoms with Crippen LogP contribution in [0.4, 0.5) is 0 Å². The maximum atomic E-state index is 12.9. The van der Waals surface area contributed by atoms with Crippen LogP contribution in [0.2, 0.25) is 0 Å². The minimum atomic E-state index is 0. The zero-order chi connectivity index (χ0) is 18.6. The summed E-state index contributed by atoms with van der Waals surface area (Å²) < 4.78 is 11.7. The predicted molar refractivity (Wildman–Crippen MR) is 106 cm³/mol. The topological polar surface area (TPSA) is 35.5 Å². The zero-order valence-corrected chi connectivity index (χ0v) is 17.8. The molecule has 0 fully saturated rings. The van der Waals surface area contributed by atoms with Crippen LogP contribution in [0.25, 0.3) is 0 Å². The van der Waals surface area contributed by atoms with E-state index >= 15 is 0 Å². The first kappa shape index (κ1) is 22.8. The molecule has 0 saturated carbocycles. The standard InChI is InChI=1S/C21H27O3P.Li/c1-13(2)23-17-10-11-19(18(12-17)24-14(3)4)25-21(22)20-15(5)8-7-9-16(20)6;/h7-14,25H,1-6H3;/q;+1. The largest absolute Gasteiger partial charge is 1.00 e. The fourth-order valence-electron chi connectivity index (χ4n) is 2.66. The van der Waals surface area contributed by atoms with Gasteiger partial charge in [-0.15, -0.1) is 0 Å². The first-order valence-corrected chi connectivity index (χ1v) is 9.63. The normalized spacial score (nSPS) is 11.1. The quantitative estimate of drug-likeness (QED) is 0.556. The molecule has 1 unspecified atom stereocenters. The van der Waals surface area contributed by atoms with Gasteiger partial charge in [0.05, 0.1) is 12.2 Å². The molecule has 0 radical (unpaired) electrons. The molecule has 0 saturated heterocycles. The van der Waals surface area contributed by atoms with Crippen LogP contribution in [-0.4, -0.2) is 17.7 Å². The number of ether oxygens (including phenoxy) is 2. The van der Waals surface area contributed by atoms with E-state index in [1.54, 1.807) is 0 Å². The van der Waals surface area contributed by atoms with Gasteiger partial charge >= 0.3 is 18.9 Å². The predicted octanol–water partition coefficient (Wildman–Crippen LogP) is 2.03. The Morgan fingerprint density at radius 2 is 1.50 bits per heavy atom. The number of hydrogen-bond acceptors (Lipinski definition) is 3. The van der Waals surface area contributed by atoms with Crippen LogP contribution in [0.5, 0.6) is 11.5 Å². The van der Waals surface area contributed by atoms with Gasteiger partial charge in [-0.2, -0.15) is 0 Å². The molecule has 1 atom stereocenters. The molecular formula is C21H27LiO3P+. The molecule has 0 aliphatic rings. The molecule has 0 N–H and O–H groups in total. The van der Waals surface area contributed by atoms with Gasteiger partial charge in [-0.25, -0.2) is 0 Å². The van der Waals surface area contributed by atoms with E-state index in [-0.39, 0.29) is 45.2 Å². The first-order valence-electron chi connectivity index (χ1n) is 8.63. The van der Waals surface area contributed by atoms with Gasteiger partial charge in [0.1, 0.15) is 11.5 Å². The molecule has 2 rings (SSSR count). The Bertz CT molecular complexity index is 737. The van der Waals surface area contributed by atoms with Gasteiger partial charge < -0.3 is 9.47 Å². The molecule has 0 bridgehead atoms. The number of carbonyl (C=O) groups is 1. The van der Waals surface area contributed by atoms with Crippen molar-refractivity contribution in [1.82, 2.24) is 0 Å². The van der Waals surface area contributed by atoms with Crippen molar-refractivity contribution in [3.8, 4) is 11.5 Å².